The molecule has 0 unspecified atom stereocenters. The Bertz CT molecular complexity index is 952. The lowest BCUT2D eigenvalue weighted by Crippen LogP contribution is -2.18. The van der Waals surface area contributed by atoms with Crippen LogP contribution in [-0.2, 0) is 6.54 Å². The van der Waals surface area contributed by atoms with Gasteiger partial charge in [0.05, 0.1) is 5.69 Å². The summed E-state index contributed by atoms with van der Waals surface area (Å²) in [5.41, 5.74) is 3.20. The number of H-pyrrole nitrogens is 1. The maximum Gasteiger partial charge on any atom is 0.251 e. The molecule has 0 bridgehead atoms. The van der Waals surface area contributed by atoms with Crippen molar-refractivity contribution in [3.8, 4) is 22.6 Å². The lowest BCUT2D eigenvalue weighted by molar-refractivity contribution is 0.327. The van der Waals surface area contributed by atoms with Gasteiger partial charge in [0.15, 0.2) is 0 Å². The van der Waals surface area contributed by atoms with E-state index in [0.29, 0.717) is 16.5 Å². The van der Waals surface area contributed by atoms with E-state index in [1.807, 2.05) is 30.3 Å². The van der Waals surface area contributed by atoms with Crippen molar-refractivity contribution in [3.05, 3.63) is 75.5 Å². The zero-order valence-corrected chi connectivity index (χ0v) is 15.8. The molecule has 0 aliphatic heterocycles. The van der Waals surface area contributed by atoms with Crippen LogP contribution in [0.5, 0.6) is 0 Å². The minimum Gasteiger partial charge on any atom is -0.306 e. The van der Waals surface area contributed by atoms with E-state index in [4.69, 9.17) is 11.6 Å². The van der Waals surface area contributed by atoms with Gasteiger partial charge >= 0.3 is 0 Å². The second-order valence-corrected chi connectivity index (χ2v) is 6.80. The van der Waals surface area contributed by atoms with E-state index in [1.165, 1.54) is 11.6 Å². The third-order valence-electron chi connectivity index (χ3n) is 4.15. The van der Waals surface area contributed by atoms with E-state index in [1.54, 1.807) is 6.07 Å². The Balaban J connectivity index is 1.97. The average Bonchev–Trinajstić information content (AvgIpc) is 2.62. The molecule has 0 fully saturated rings. The Morgan fingerprint density at radius 2 is 1.92 bits per heavy atom. The molecule has 0 aliphatic carbocycles. The molecule has 0 saturated heterocycles. The van der Waals surface area contributed by atoms with E-state index >= 15 is 0 Å². The predicted molar refractivity (Wildman–Crippen MR) is 107 cm³/mol. The number of aromatic amines is 1. The highest BCUT2D eigenvalue weighted by atomic mass is 35.5. The number of aromatic nitrogens is 2. The molecule has 0 atom stereocenters. The minimum atomic E-state index is -0.196. The maximum absolute atomic E-state index is 12.2. The minimum absolute atomic E-state index is 0.196. The predicted octanol–water partition coefficient (Wildman–Crippen LogP) is 4.60. The Morgan fingerprint density at radius 3 is 2.69 bits per heavy atom. The lowest BCUT2D eigenvalue weighted by atomic mass is 10.1. The smallest absolute Gasteiger partial charge is 0.251 e. The fourth-order valence-electron chi connectivity index (χ4n) is 2.99. The number of benzene rings is 2. The summed E-state index contributed by atoms with van der Waals surface area (Å²) in [6.07, 6.45) is 1.12. The Kier molecular flexibility index (Phi) is 5.86. The van der Waals surface area contributed by atoms with Crippen LogP contribution in [0.1, 0.15) is 18.9 Å². The molecule has 1 aromatic heterocycles. The summed E-state index contributed by atoms with van der Waals surface area (Å²) in [5.74, 6) is 0.549. The van der Waals surface area contributed by atoms with Crippen LogP contribution in [0.2, 0.25) is 5.02 Å². The topological polar surface area (TPSA) is 49.0 Å². The molecular weight excluding hydrogens is 346 g/mol. The average molecular weight is 368 g/mol. The molecule has 134 valence electrons. The summed E-state index contributed by atoms with van der Waals surface area (Å²) in [5, 5.41) is 0.575. The molecule has 0 saturated carbocycles. The SMILES string of the molecule is CCCN(C)Cc1cccc(-c2nc(-c3ccccc3Cl)cc(=O)[nH]2)c1. The molecule has 3 rings (SSSR count). The molecular formula is C21H22ClN3O. The van der Waals surface area contributed by atoms with E-state index < -0.39 is 0 Å². The third-order valence-corrected chi connectivity index (χ3v) is 4.48. The molecule has 3 aromatic rings. The van der Waals surface area contributed by atoms with Gasteiger partial charge < -0.3 is 9.88 Å². The van der Waals surface area contributed by atoms with Gasteiger partial charge in [-0.2, -0.15) is 0 Å². The molecule has 0 amide bonds. The van der Waals surface area contributed by atoms with E-state index in [9.17, 15) is 4.79 Å². The Morgan fingerprint density at radius 1 is 1.12 bits per heavy atom. The summed E-state index contributed by atoms with van der Waals surface area (Å²) >= 11 is 6.26. The number of rotatable bonds is 6. The van der Waals surface area contributed by atoms with Crippen LogP contribution in [0.3, 0.4) is 0 Å². The van der Waals surface area contributed by atoms with Crippen LogP contribution >= 0.6 is 11.6 Å². The summed E-state index contributed by atoms with van der Waals surface area (Å²) in [6, 6.07) is 17.0. The van der Waals surface area contributed by atoms with Gasteiger partial charge in [0.25, 0.3) is 5.56 Å². The van der Waals surface area contributed by atoms with Gasteiger partial charge in [-0.15, -0.1) is 0 Å². The molecule has 0 spiro atoms. The molecule has 26 heavy (non-hydrogen) atoms. The number of hydrogen-bond donors (Lipinski definition) is 1. The second kappa shape index (κ2) is 8.30. The first kappa shape index (κ1) is 18.4. The number of nitrogens with one attached hydrogen (secondary N) is 1. The zero-order valence-electron chi connectivity index (χ0n) is 15.0. The number of hydrogen-bond acceptors (Lipinski definition) is 3. The van der Waals surface area contributed by atoms with Crippen molar-refractivity contribution in [3.63, 3.8) is 0 Å². The highest BCUT2D eigenvalue weighted by Gasteiger charge is 2.10. The van der Waals surface area contributed by atoms with Crippen LogP contribution in [0.25, 0.3) is 22.6 Å². The monoisotopic (exact) mass is 367 g/mol. The molecule has 0 aliphatic rings. The lowest BCUT2D eigenvalue weighted by Gasteiger charge is -2.16. The largest absolute Gasteiger partial charge is 0.306 e. The highest BCUT2D eigenvalue weighted by Crippen LogP contribution is 2.26. The Hall–Kier alpha value is -2.43. The van der Waals surface area contributed by atoms with Gasteiger partial charge in [-0.05, 0) is 37.7 Å². The van der Waals surface area contributed by atoms with Gasteiger partial charge in [0.2, 0.25) is 0 Å². The van der Waals surface area contributed by atoms with E-state index in [0.717, 1.165) is 30.6 Å². The van der Waals surface area contributed by atoms with Gasteiger partial charge in [-0.1, -0.05) is 54.9 Å². The summed E-state index contributed by atoms with van der Waals surface area (Å²) < 4.78 is 0. The summed E-state index contributed by atoms with van der Waals surface area (Å²) in [7, 11) is 2.11. The molecule has 4 nitrogen and oxygen atoms in total. The summed E-state index contributed by atoms with van der Waals surface area (Å²) in [4.78, 5) is 21.9. The third kappa shape index (κ3) is 4.40. The van der Waals surface area contributed by atoms with Gasteiger partial charge in [0.1, 0.15) is 5.82 Å². The molecule has 5 heteroatoms. The van der Waals surface area contributed by atoms with Crippen molar-refractivity contribution >= 4 is 11.6 Å². The second-order valence-electron chi connectivity index (χ2n) is 6.40. The van der Waals surface area contributed by atoms with Crippen molar-refractivity contribution in [1.82, 2.24) is 14.9 Å². The van der Waals surface area contributed by atoms with Crippen LogP contribution in [-0.4, -0.2) is 28.5 Å². The van der Waals surface area contributed by atoms with Gasteiger partial charge in [-0.3, -0.25) is 4.79 Å². The van der Waals surface area contributed by atoms with Crippen LogP contribution in [0, 0.1) is 0 Å². The number of nitrogens with zero attached hydrogens (tertiary/aromatic N) is 2. The van der Waals surface area contributed by atoms with Crippen molar-refractivity contribution in [2.24, 2.45) is 0 Å². The first-order chi connectivity index (χ1) is 12.6. The van der Waals surface area contributed by atoms with Crippen molar-refractivity contribution in [1.29, 1.82) is 0 Å². The van der Waals surface area contributed by atoms with E-state index in [-0.39, 0.29) is 5.56 Å². The number of halogens is 1. The molecule has 1 heterocycles. The fraction of sp³-hybridized carbons (Fsp3) is 0.238. The van der Waals surface area contributed by atoms with Crippen molar-refractivity contribution in [2.45, 2.75) is 19.9 Å². The zero-order chi connectivity index (χ0) is 18.5. The molecule has 2 aromatic carbocycles. The van der Waals surface area contributed by atoms with Crippen LogP contribution < -0.4 is 5.56 Å². The van der Waals surface area contributed by atoms with Gasteiger partial charge in [-0.25, -0.2) is 4.98 Å². The molecule has 0 radical (unpaired) electrons. The summed E-state index contributed by atoms with van der Waals surface area (Å²) in [6.45, 7) is 4.07. The highest BCUT2D eigenvalue weighted by molar-refractivity contribution is 6.33. The first-order valence-electron chi connectivity index (χ1n) is 8.71. The fourth-order valence-corrected chi connectivity index (χ4v) is 3.22. The van der Waals surface area contributed by atoms with Crippen molar-refractivity contribution in [2.75, 3.05) is 13.6 Å². The first-order valence-corrected chi connectivity index (χ1v) is 9.08. The molecule has 1 N–H and O–H groups in total. The Labute approximate surface area is 158 Å². The quantitative estimate of drug-likeness (QED) is 0.692. The van der Waals surface area contributed by atoms with Crippen LogP contribution in [0.15, 0.2) is 59.4 Å². The maximum atomic E-state index is 12.2. The van der Waals surface area contributed by atoms with Crippen molar-refractivity contribution < 1.29 is 0 Å². The van der Waals surface area contributed by atoms with Gasteiger partial charge in [0, 0.05) is 28.8 Å². The standard InChI is InChI=1S/C21H22ClN3O/c1-3-11-25(2)14-15-7-6-8-16(12-15)21-23-19(13-20(26)24-21)17-9-4-5-10-18(17)22/h4-10,12-13H,3,11,14H2,1-2H3,(H,23,24,26). The van der Waals surface area contributed by atoms with Crippen LogP contribution in [0.4, 0.5) is 0 Å². The van der Waals surface area contributed by atoms with E-state index in [2.05, 4.69) is 41.0 Å². The normalized spacial score (nSPS) is 11.1.